The van der Waals surface area contributed by atoms with Gasteiger partial charge >= 0.3 is 0 Å². The third-order valence-electron chi connectivity index (χ3n) is 3.59. The topological polar surface area (TPSA) is 49.8 Å². The molecule has 0 aromatic rings. The predicted molar refractivity (Wildman–Crippen MR) is 42.5 cm³/mol. The summed E-state index contributed by atoms with van der Waals surface area (Å²) in [4.78, 5) is 0. The third-order valence-corrected chi connectivity index (χ3v) is 3.59. The first-order chi connectivity index (χ1) is 5.15. The quantitative estimate of drug-likeness (QED) is 0.565. The molecule has 2 aliphatic rings. The van der Waals surface area contributed by atoms with E-state index in [1.807, 2.05) is 0 Å². The molecule has 0 saturated heterocycles. The molecular weight excluding hydrogens is 136 g/mol. The molecule has 60 valence electrons. The monoisotopic (exact) mass is 150 g/mol. The molecule has 2 N–H and O–H groups in total. The second kappa shape index (κ2) is 1.98. The maximum absolute atomic E-state index is 8.94. The van der Waals surface area contributed by atoms with E-state index in [1.54, 1.807) is 0 Å². The van der Waals surface area contributed by atoms with Crippen LogP contribution in [0.5, 0.6) is 0 Å². The molecular formula is C9H14N2. The third kappa shape index (κ3) is 0.810. The normalized spacial score (nSPS) is 54.5. The van der Waals surface area contributed by atoms with Crippen LogP contribution in [0.3, 0.4) is 0 Å². The van der Waals surface area contributed by atoms with Crippen molar-refractivity contribution in [2.24, 2.45) is 23.0 Å². The Labute approximate surface area is 67.4 Å². The van der Waals surface area contributed by atoms with Crippen LogP contribution >= 0.6 is 0 Å². The van der Waals surface area contributed by atoms with E-state index >= 15 is 0 Å². The van der Waals surface area contributed by atoms with E-state index in [9.17, 15) is 0 Å². The summed E-state index contributed by atoms with van der Waals surface area (Å²) < 4.78 is 0. The molecule has 0 amide bonds. The van der Waals surface area contributed by atoms with Crippen LogP contribution < -0.4 is 5.73 Å². The van der Waals surface area contributed by atoms with Crippen molar-refractivity contribution < 1.29 is 0 Å². The Bertz CT molecular complexity index is 216. The van der Waals surface area contributed by atoms with Gasteiger partial charge in [-0.2, -0.15) is 5.26 Å². The molecule has 11 heavy (non-hydrogen) atoms. The molecule has 2 fully saturated rings. The Balaban J connectivity index is 2.21. The number of nitriles is 1. The van der Waals surface area contributed by atoms with E-state index in [1.165, 1.54) is 6.42 Å². The highest BCUT2D eigenvalue weighted by Crippen LogP contribution is 2.54. The van der Waals surface area contributed by atoms with Crippen molar-refractivity contribution in [2.45, 2.75) is 32.2 Å². The molecule has 0 radical (unpaired) electrons. The maximum Gasteiger partial charge on any atom is 0.0689 e. The van der Waals surface area contributed by atoms with Gasteiger partial charge in [0.05, 0.1) is 11.5 Å². The number of fused-ring (bicyclic) bond motifs is 2. The summed E-state index contributed by atoms with van der Waals surface area (Å²) in [6.45, 7) is 2.09. The van der Waals surface area contributed by atoms with Gasteiger partial charge in [-0.3, -0.25) is 0 Å². The van der Waals surface area contributed by atoms with Crippen molar-refractivity contribution in [3.8, 4) is 6.07 Å². The zero-order valence-electron chi connectivity index (χ0n) is 6.88. The standard InChI is InChI=1S/C9H14N2/c1-9(5-10)4-6-2-7(9)3-8(6)11/h6-8H,2-4,11H2,1H3/t6-,7+,8-,9-/m1/s1. The SMILES string of the molecule is C[C@]1(C#N)C[C@H]2C[C@H]1C[C@H]2N. The van der Waals surface area contributed by atoms with Crippen LogP contribution in [0.25, 0.3) is 0 Å². The smallest absolute Gasteiger partial charge is 0.0689 e. The average molecular weight is 150 g/mol. The highest BCUT2D eigenvalue weighted by Gasteiger charge is 2.51. The number of nitrogens with zero attached hydrogens (tertiary/aromatic N) is 1. The van der Waals surface area contributed by atoms with Crippen molar-refractivity contribution in [3.63, 3.8) is 0 Å². The zero-order valence-corrected chi connectivity index (χ0v) is 6.88. The molecule has 2 saturated carbocycles. The van der Waals surface area contributed by atoms with Gasteiger partial charge < -0.3 is 5.73 Å². The summed E-state index contributed by atoms with van der Waals surface area (Å²) in [6, 6.07) is 2.83. The molecule has 0 aliphatic heterocycles. The van der Waals surface area contributed by atoms with E-state index < -0.39 is 0 Å². The summed E-state index contributed by atoms with van der Waals surface area (Å²) in [5, 5.41) is 8.94. The minimum absolute atomic E-state index is 0.0411. The molecule has 2 heteroatoms. The van der Waals surface area contributed by atoms with E-state index in [-0.39, 0.29) is 5.41 Å². The molecule has 0 heterocycles. The van der Waals surface area contributed by atoms with Crippen LogP contribution in [-0.4, -0.2) is 6.04 Å². The summed E-state index contributed by atoms with van der Waals surface area (Å²) in [6.07, 6.45) is 3.31. The van der Waals surface area contributed by atoms with Gasteiger partial charge in [-0.25, -0.2) is 0 Å². The molecule has 4 atom stereocenters. The fourth-order valence-electron chi connectivity index (χ4n) is 2.76. The molecule has 2 bridgehead atoms. The van der Waals surface area contributed by atoms with Crippen molar-refractivity contribution in [3.05, 3.63) is 0 Å². The molecule has 2 nitrogen and oxygen atoms in total. The minimum Gasteiger partial charge on any atom is -0.327 e. The van der Waals surface area contributed by atoms with E-state index in [0.29, 0.717) is 17.9 Å². The number of hydrogen-bond donors (Lipinski definition) is 1. The molecule has 0 unspecified atom stereocenters. The van der Waals surface area contributed by atoms with Crippen molar-refractivity contribution in [2.75, 3.05) is 0 Å². The van der Waals surface area contributed by atoms with Crippen molar-refractivity contribution in [1.82, 2.24) is 0 Å². The Morgan fingerprint density at radius 2 is 2.27 bits per heavy atom. The van der Waals surface area contributed by atoms with Crippen LogP contribution in [-0.2, 0) is 0 Å². The first kappa shape index (κ1) is 7.12. The van der Waals surface area contributed by atoms with Crippen LogP contribution in [0.2, 0.25) is 0 Å². The maximum atomic E-state index is 8.94. The van der Waals surface area contributed by atoms with E-state index in [2.05, 4.69) is 13.0 Å². The van der Waals surface area contributed by atoms with Gasteiger partial charge in [-0.15, -0.1) is 0 Å². The van der Waals surface area contributed by atoms with Crippen molar-refractivity contribution in [1.29, 1.82) is 5.26 Å². The molecule has 0 aromatic heterocycles. The van der Waals surface area contributed by atoms with Gasteiger partial charge in [0.15, 0.2) is 0 Å². The summed E-state index contributed by atoms with van der Waals surface area (Å²) in [5.74, 6) is 1.23. The largest absolute Gasteiger partial charge is 0.327 e. The van der Waals surface area contributed by atoms with Gasteiger partial charge in [0.2, 0.25) is 0 Å². The number of rotatable bonds is 0. The van der Waals surface area contributed by atoms with Gasteiger partial charge in [-0.1, -0.05) is 0 Å². The fourth-order valence-corrected chi connectivity index (χ4v) is 2.76. The average Bonchev–Trinajstić information content (AvgIpc) is 2.45. The Hall–Kier alpha value is -0.550. The molecule has 2 aliphatic carbocycles. The van der Waals surface area contributed by atoms with Crippen LogP contribution in [0, 0.1) is 28.6 Å². The number of hydrogen-bond acceptors (Lipinski definition) is 2. The summed E-state index contributed by atoms with van der Waals surface area (Å²) in [5.41, 5.74) is 5.85. The van der Waals surface area contributed by atoms with Gasteiger partial charge in [-0.05, 0) is 38.0 Å². The van der Waals surface area contributed by atoms with Gasteiger partial charge in [0.25, 0.3) is 0 Å². The lowest BCUT2D eigenvalue weighted by molar-refractivity contribution is 0.249. The summed E-state index contributed by atoms with van der Waals surface area (Å²) >= 11 is 0. The molecule has 0 spiro atoms. The van der Waals surface area contributed by atoms with Crippen LogP contribution in [0.4, 0.5) is 0 Å². The highest BCUT2D eigenvalue weighted by molar-refractivity contribution is 5.12. The lowest BCUT2D eigenvalue weighted by Gasteiger charge is -2.29. The lowest BCUT2D eigenvalue weighted by Crippen LogP contribution is -2.34. The Kier molecular flexibility index (Phi) is 1.28. The highest BCUT2D eigenvalue weighted by atomic mass is 14.7. The second-order valence-electron chi connectivity index (χ2n) is 4.33. The first-order valence-electron chi connectivity index (χ1n) is 4.32. The Morgan fingerprint density at radius 3 is 2.64 bits per heavy atom. The van der Waals surface area contributed by atoms with E-state index in [4.69, 9.17) is 11.0 Å². The molecule has 0 aromatic carbocycles. The van der Waals surface area contributed by atoms with E-state index in [0.717, 1.165) is 12.8 Å². The van der Waals surface area contributed by atoms with Gasteiger partial charge in [0.1, 0.15) is 0 Å². The predicted octanol–water partition coefficient (Wildman–Crippen LogP) is 1.27. The minimum atomic E-state index is -0.0411. The first-order valence-corrected chi connectivity index (χ1v) is 4.32. The lowest BCUT2D eigenvalue weighted by atomic mass is 9.75. The van der Waals surface area contributed by atoms with Crippen LogP contribution in [0.15, 0.2) is 0 Å². The number of nitrogens with two attached hydrogens (primary N) is 1. The fraction of sp³-hybridized carbons (Fsp3) is 0.889. The van der Waals surface area contributed by atoms with Gasteiger partial charge in [0, 0.05) is 6.04 Å². The molecule has 2 rings (SSSR count). The van der Waals surface area contributed by atoms with Crippen LogP contribution in [0.1, 0.15) is 26.2 Å². The zero-order chi connectivity index (χ0) is 8.06. The Morgan fingerprint density at radius 1 is 1.55 bits per heavy atom. The summed E-state index contributed by atoms with van der Waals surface area (Å²) in [7, 11) is 0. The second-order valence-corrected chi connectivity index (χ2v) is 4.33. The van der Waals surface area contributed by atoms with Crippen molar-refractivity contribution >= 4 is 0 Å².